The average molecular weight is 349 g/mol. The molecule has 0 radical (unpaired) electrons. The molecule has 1 aromatic rings. The number of piperidine rings is 1. The fourth-order valence-corrected chi connectivity index (χ4v) is 4.07. The predicted octanol–water partition coefficient (Wildman–Crippen LogP) is 2.04. The van der Waals surface area contributed by atoms with Crippen molar-refractivity contribution in [2.24, 2.45) is 17.8 Å². The normalized spacial score (nSPS) is 25.0. The first kappa shape index (κ1) is 18.4. The summed E-state index contributed by atoms with van der Waals surface area (Å²) < 4.78 is 5.28. The van der Waals surface area contributed by atoms with E-state index in [1.165, 1.54) is 19.3 Å². The van der Waals surface area contributed by atoms with Crippen molar-refractivity contribution in [2.45, 2.75) is 39.5 Å². The second-order valence-electron chi connectivity index (χ2n) is 8.05. The SMILES string of the molecule is CC(C)Cc1cc(C(=O)N2C[C@@H](CN3CCCCC3)[C@@H](CO)C2)on1. The van der Waals surface area contributed by atoms with Gasteiger partial charge < -0.3 is 19.4 Å². The lowest BCUT2D eigenvalue weighted by Gasteiger charge is -2.30. The number of amides is 1. The lowest BCUT2D eigenvalue weighted by atomic mass is 9.95. The fourth-order valence-electron chi connectivity index (χ4n) is 4.07. The molecule has 2 atom stereocenters. The van der Waals surface area contributed by atoms with E-state index in [9.17, 15) is 9.90 Å². The molecule has 0 saturated carbocycles. The highest BCUT2D eigenvalue weighted by atomic mass is 16.5. The molecular weight excluding hydrogens is 318 g/mol. The zero-order chi connectivity index (χ0) is 17.8. The molecule has 2 aliphatic heterocycles. The van der Waals surface area contributed by atoms with Crippen molar-refractivity contribution < 1.29 is 14.4 Å². The van der Waals surface area contributed by atoms with Gasteiger partial charge in [0.2, 0.25) is 5.76 Å². The Morgan fingerprint density at radius 3 is 2.68 bits per heavy atom. The van der Waals surface area contributed by atoms with Crippen LogP contribution in [0.1, 0.15) is 49.4 Å². The van der Waals surface area contributed by atoms with Crippen LogP contribution in [-0.2, 0) is 6.42 Å². The first-order valence-corrected chi connectivity index (χ1v) is 9.65. The topological polar surface area (TPSA) is 69.8 Å². The van der Waals surface area contributed by atoms with Crippen LogP contribution in [0.4, 0.5) is 0 Å². The first-order chi connectivity index (χ1) is 12.1. The fraction of sp³-hybridized carbons (Fsp3) is 0.789. The van der Waals surface area contributed by atoms with E-state index in [1.807, 2.05) is 4.90 Å². The second-order valence-corrected chi connectivity index (χ2v) is 8.05. The zero-order valence-electron chi connectivity index (χ0n) is 15.5. The number of hydrogen-bond donors (Lipinski definition) is 1. The molecule has 0 bridgehead atoms. The van der Waals surface area contributed by atoms with Gasteiger partial charge in [-0.25, -0.2) is 0 Å². The largest absolute Gasteiger partial charge is 0.396 e. The summed E-state index contributed by atoms with van der Waals surface area (Å²) >= 11 is 0. The number of aliphatic hydroxyl groups is 1. The summed E-state index contributed by atoms with van der Waals surface area (Å²) in [5.74, 6) is 1.20. The van der Waals surface area contributed by atoms with Crippen LogP contribution >= 0.6 is 0 Å². The van der Waals surface area contributed by atoms with Crippen LogP contribution in [0, 0.1) is 17.8 Å². The van der Waals surface area contributed by atoms with Crippen LogP contribution in [0.3, 0.4) is 0 Å². The van der Waals surface area contributed by atoms with E-state index in [0.29, 0.717) is 30.7 Å². The predicted molar refractivity (Wildman–Crippen MR) is 95.3 cm³/mol. The highest BCUT2D eigenvalue weighted by Crippen LogP contribution is 2.27. The van der Waals surface area contributed by atoms with E-state index in [-0.39, 0.29) is 18.4 Å². The van der Waals surface area contributed by atoms with Gasteiger partial charge in [0, 0.05) is 38.2 Å². The van der Waals surface area contributed by atoms with Gasteiger partial charge in [-0.3, -0.25) is 4.79 Å². The minimum atomic E-state index is -0.0953. The number of carbonyl (C=O) groups excluding carboxylic acids is 1. The minimum Gasteiger partial charge on any atom is -0.396 e. The molecule has 140 valence electrons. The van der Waals surface area contributed by atoms with Crippen LogP contribution in [0.5, 0.6) is 0 Å². The molecule has 0 spiro atoms. The van der Waals surface area contributed by atoms with Crippen LogP contribution < -0.4 is 0 Å². The highest BCUT2D eigenvalue weighted by molar-refractivity contribution is 5.91. The standard InChI is InChI=1S/C19H31N3O3/c1-14(2)8-17-9-18(25-20-17)19(24)22-11-15(16(12-22)13-23)10-21-6-4-3-5-7-21/h9,14-16,23H,3-8,10-13H2,1-2H3/t15-,16-/m1/s1. The van der Waals surface area contributed by atoms with E-state index in [0.717, 1.165) is 31.7 Å². The molecule has 0 aliphatic carbocycles. The second kappa shape index (κ2) is 8.32. The monoisotopic (exact) mass is 349 g/mol. The third-order valence-electron chi connectivity index (χ3n) is 5.43. The van der Waals surface area contributed by atoms with Gasteiger partial charge >= 0.3 is 0 Å². The lowest BCUT2D eigenvalue weighted by molar-refractivity contribution is 0.0737. The molecule has 2 aliphatic rings. The molecular formula is C19H31N3O3. The number of nitrogens with zero attached hydrogens (tertiary/aromatic N) is 3. The van der Waals surface area contributed by atoms with Crippen molar-refractivity contribution in [2.75, 3.05) is 39.3 Å². The number of carbonyl (C=O) groups is 1. The number of hydrogen-bond acceptors (Lipinski definition) is 5. The Labute approximate surface area is 150 Å². The molecule has 3 rings (SSSR count). The summed E-state index contributed by atoms with van der Waals surface area (Å²) in [6, 6.07) is 1.77. The summed E-state index contributed by atoms with van der Waals surface area (Å²) in [5.41, 5.74) is 0.834. The summed E-state index contributed by atoms with van der Waals surface area (Å²) in [6.07, 6.45) is 4.65. The Balaban J connectivity index is 1.60. The maximum atomic E-state index is 12.7. The van der Waals surface area contributed by atoms with Gasteiger partial charge in [0.15, 0.2) is 0 Å². The van der Waals surface area contributed by atoms with Crippen molar-refractivity contribution in [3.05, 3.63) is 17.5 Å². The van der Waals surface area contributed by atoms with Gasteiger partial charge in [0.1, 0.15) is 0 Å². The Morgan fingerprint density at radius 2 is 2.00 bits per heavy atom. The number of aromatic nitrogens is 1. The average Bonchev–Trinajstić information content (AvgIpc) is 3.21. The third kappa shape index (κ3) is 4.61. The van der Waals surface area contributed by atoms with Crippen molar-refractivity contribution >= 4 is 5.91 Å². The summed E-state index contributed by atoms with van der Waals surface area (Å²) in [4.78, 5) is 17.1. The van der Waals surface area contributed by atoms with Gasteiger partial charge in [0.05, 0.1) is 5.69 Å². The van der Waals surface area contributed by atoms with Crippen molar-refractivity contribution in [3.8, 4) is 0 Å². The van der Waals surface area contributed by atoms with E-state index in [4.69, 9.17) is 4.52 Å². The molecule has 1 amide bonds. The van der Waals surface area contributed by atoms with Gasteiger partial charge in [-0.05, 0) is 44.2 Å². The summed E-state index contributed by atoms with van der Waals surface area (Å²) in [5, 5.41) is 13.8. The Hall–Kier alpha value is -1.40. The van der Waals surface area contributed by atoms with E-state index in [1.54, 1.807) is 6.07 Å². The van der Waals surface area contributed by atoms with Crippen LogP contribution in [0.2, 0.25) is 0 Å². The Morgan fingerprint density at radius 1 is 1.28 bits per heavy atom. The molecule has 25 heavy (non-hydrogen) atoms. The van der Waals surface area contributed by atoms with Gasteiger partial charge in [-0.2, -0.15) is 0 Å². The molecule has 1 aromatic heterocycles. The molecule has 6 heteroatoms. The van der Waals surface area contributed by atoms with E-state index >= 15 is 0 Å². The number of aliphatic hydroxyl groups excluding tert-OH is 1. The smallest absolute Gasteiger partial charge is 0.292 e. The molecule has 1 N–H and O–H groups in total. The quantitative estimate of drug-likeness (QED) is 0.851. The summed E-state index contributed by atoms with van der Waals surface area (Å²) in [7, 11) is 0. The van der Waals surface area contributed by atoms with Crippen molar-refractivity contribution in [1.82, 2.24) is 15.0 Å². The molecule has 3 heterocycles. The molecule has 0 unspecified atom stereocenters. The van der Waals surface area contributed by atoms with Gasteiger partial charge in [-0.15, -0.1) is 0 Å². The molecule has 0 aromatic carbocycles. The number of rotatable bonds is 6. The summed E-state index contributed by atoms with van der Waals surface area (Å²) in [6.45, 7) is 8.93. The Kier molecular flexibility index (Phi) is 6.12. The third-order valence-corrected chi connectivity index (χ3v) is 5.43. The van der Waals surface area contributed by atoms with Crippen LogP contribution in [0.25, 0.3) is 0 Å². The minimum absolute atomic E-state index is 0.0953. The molecule has 6 nitrogen and oxygen atoms in total. The van der Waals surface area contributed by atoms with Crippen molar-refractivity contribution in [1.29, 1.82) is 0 Å². The van der Waals surface area contributed by atoms with E-state index in [2.05, 4.69) is 23.9 Å². The number of likely N-dealkylation sites (tertiary alicyclic amines) is 2. The van der Waals surface area contributed by atoms with Gasteiger partial charge in [-0.1, -0.05) is 25.4 Å². The van der Waals surface area contributed by atoms with Crippen LogP contribution in [0.15, 0.2) is 10.6 Å². The highest BCUT2D eigenvalue weighted by Gasteiger charge is 2.37. The zero-order valence-corrected chi connectivity index (χ0v) is 15.5. The van der Waals surface area contributed by atoms with Gasteiger partial charge in [0.25, 0.3) is 5.91 Å². The van der Waals surface area contributed by atoms with Crippen LogP contribution in [-0.4, -0.2) is 65.3 Å². The van der Waals surface area contributed by atoms with Crippen molar-refractivity contribution in [3.63, 3.8) is 0 Å². The maximum absolute atomic E-state index is 12.7. The molecule has 2 fully saturated rings. The maximum Gasteiger partial charge on any atom is 0.292 e. The lowest BCUT2D eigenvalue weighted by Crippen LogP contribution is -2.37. The molecule has 2 saturated heterocycles. The first-order valence-electron chi connectivity index (χ1n) is 9.65. The van der Waals surface area contributed by atoms with E-state index < -0.39 is 0 Å². The Bertz CT molecular complexity index is 566.